The molecule has 1 aromatic rings. The van der Waals surface area contributed by atoms with E-state index in [9.17, 15) is 13.2 Å². The van der Waals surface area contributed by atoms with E-state index >= 15 is 0 Å². The van der Waals surface area contributed by atoms with Gasteiger partial charge in [0, 0.05) is 0 Å². The minimum atomic E-state index is -4.69. The summed E-state index contributed by atoms with van der Waals surface area (Å²) >= 11 is 0. The summed E-state index contributed by atoms with van der Waals surface area (Å²) < 4.78 is 45.4. The van der Waals surface area contributed by atoms with E-state index in [2.05, 4.69) is 10.8 Å². The van der Waals surface area contributed by atoms with Gasteiger partial charge in [0.05, 0.1) is 12.2 Å². The van der Waals surface area contributed by atoms with Crippen molar-refractivity contribution < 1.29 is 22.6 Å². The standard InChI is InChI=1S/C13H12F3NO2/c14-13(15,16)19-10-6-4-9(5-7-10)12-3-1-2-11(8-17)18-12/h4-7,11-12H,1-3H2. The summed E-state index contributed by atoms with van der Waals surface area (Å²) in [6.45, 7) is 0. The molecule has 0 amide bonds. The van der Waals surface area contributed by atoms with Crippen LogP contribution in [0.3, 0.4) is 0 Å². The van der Waals surface area contributed by atoms with E-state index in [1.165, 1.54) is 24.3 Å². The second kappa shape index (κ2) is 5.49. The van der Waals surface area contributed by atoms with Crippen LogP contribution in [0.2, 0.25) is 0 Å². The fourth-order valence-electron chi connectivity index (χ4n) is 2.05. The largest absolute Gasteiger partial charge is 0.573 e. The Morgan fingerprint density at radius 2 is 1.89 bits per heavy atom. The normalized spacial score (nSPS) is 23.7. The molecule has 1 saturated heterocycles. The van der Waals surface area contributed by atoms with Gasteiger partial charge in [-0.2, -0.15) is 5.26 Å². The molecular formula is C13H12F3NO2. The highest BCUT2D eigenvalue weighted by atomic mass is 19.4. The first-order chi connectivity index (χ1) is 8.98. The Morgan fingerprint density at radius 1 is 1.21 bits per heavy atom. The minimum absolute atomic E-state index is 0.238. The molecule has 0 bridgehead atoms. The van der Waals surface area contributed by atoms with Crippen LogP contribution in [0.4, 0.5) is 13.2 Å². The van der Waals surface area contributed by atoms with Crippen LogP contribution in [0.25, 0.3) is 0 Å². The Morgan fingerprint density at radius 3 is 2.47 bits per heavy atom. The molecule has 2 unspecified atom stereocenters. The lowest BCUT2D eigenvalue weighted by Gasteiger charge is -2.26. The zero-order valence-corrected chi connectivity index (χ0v) is 9.98. The van der Waals surface area contributed by atoms with E-state index in [0.29, 0.717) is 6.42 Å². The minimum Gasteiger partial charge on any atom is -0.406 e. The molecule has 1 aromatic carbocycles. The Kier molecular flexibility index (Phi) is 3.96. The van der Waals surface area contributed by atoms with Crippen LogP contribution in [0.15, 0.2) is 24.3 Å². The first-order valence-corrected chi connectivity index (χ1v) is 5.89. The smallest absolute Gasteiger partial charge is 0.406 e. The molecule has 1 aliphatic heterocycles. The average Bonchev–Trinajstić information content (AvgIpc) is 2.38. The van der Waals surface area contributed by atoms with Gasteiger partial charge in [-0.3, -0.25) is 0 Å². The molecule has 2 rings (SSSR count). The molecule has 0 aliphatic carbocycles. The first-order valence-electron chi connectivity index (χ1n) is 5.89. The zero-order valence-electron chi connectivity index (χ0n) is 9.98. The van der Waals surface area contributed by atoms with E-state index in [0.717, 1.165) is 18.4 Å². The number of nitriles is 1. The van der Waals surface area contributed by atoms with Crippen LogP contribution in [0.5, 0.6) is 5.75 Å². The van der Waals surface area contributed by atoms with Gasteiger partial charge in [0.1, 0.15) is 11.9 Å². The number of alkyl halides is 3. The van der Waals surface area contributed by atoms with Crippen molar-refractivity contribution in [2.75, 3.05) is 0 Å². The molecule has 3 nitrogen and oxygen atoms in total. The third-order valence-corrected chi connectivity index (χ3v) is 2.89. The van der Waals surface area contributed by atoms with Crippen LogP contribution in [0.1, 0.15) is 30.9 Å². The molecule has 102 valence electrons. The first kappa shape index (κ1) is 13.7. The number of nitrogens with zero attached hydrogens (tertiary/aromatic N) is 1. The van der Waals surface area contributed by atoms with Crippen molar-refractivity contribution >= 4 is 0 Å². The number of halogens is 3. The van der Waals surface area contributed by atoms with Gasteiger partial charge in [-0.05, 0) is 37.0 Å². The third-order valence-electron chi connectivity index (χ3n) is 2.89. The molecule has 2 atom stereocenters. The van der Waals surface area contributed by atoms with Crippen molar-refractivity contribution in [1.29, 1.82) is 5.26 Å². The second-order valence-electron chi connectivity index (χ2n) is 4.29. The quantitative estimate of drug-likeness (QED) is 0.823. The Balaban J connectivity index is 2.04. The SMILES string of the molecule is N#CC1CCCC(c2ccc(OC(F)(F)F)cc2)O1. The Bertz CT molecular complexity index is 464. The molecule has 19 heavy (non-hydrogen) atoms. The van der Waals surface area contributed by atoms with Gasteiger partial charge in [0.2, 0.25) is 0 Å². The predicted molar refractivity (Wildman–Crippen MR) is 60.2 cm³/mol. The van der Waals surface area contributed by atoms with Crippen molar-refractivity contribution in [3.05, 3.63) is 29.8 Å². The van der Waals surface area contributed by atoms with Crippen LogP contribution >= 0.6 is 0 Å². The van der Waals surface area contributed by atoms with Gasteiger partial charge in [-0.25, -0.2) is 0 Å². The molecule has 6 heteroatoms. The van der Waals surface area contributed by atoms with Crippen LogP contribution in [-0.4, -0.2) is 12.5 Å². The van der Waals surface area contributed by atoms with E-state index in [-0.39, 0.29) is 11.9 Å². The molecule has 1 aliphatic rings. The highest BCUT2D eigenvalue weighted by molar-refractivity contribution is 5.29. The third kappa shape index (κ3) is 3.86. The van der Waals surface area contributed by atoms with Gasteiger partial charge < -0.3 is 9.47 Å². The number of rotatable bonds is 2. The maximum atomic E-state index is 12.0. The highest BCUT2D eigenvalue weighted by Gasteiger charge is 2.31. The fraction of sp³-hybridized carbons (Fsp3) is 0.462. The monoisotopic (exact) mass is 271 g/mol. The Hall–Kier alpha value is -1.74. The molecular weight excluding hydrogens is 259 g/mol. The van der Waals surface area contributed by atoms with E-state index in [4.69, 9.17) is 10.00 Å². The molecule has 0 spiro atoms. The maximum absolute atomic E-state index is 12.0. The zero-order chi connectivity index (χ0) is 13.9. The summed E-state index contributed by atoms with van der Waals surface area (Å²) in [6, 6.07) is 7.62. The molecule has 0 radical (unpaired) electrons. The van der Waals surface area contributed by atoms with E-state index in [1.54, 1.807) is 0 Å². The number of hydrogen-bond donors (Lipinski definition) is 0. The number of benzene rings is 1. The van der Waals surface area contributed by atoms with Gasteiger partial charge in [-0.15, -0.1) is 13.2 Å². The van der Waals surface area contributed by atoms with Crippen molar-refractivity contribution in [3.63, 3.8) is 0 Å². The van der Waals surface area contributed by atoms with Gasteiger partial charge in [0.15, 0.2) is 0 Å². The Labute approximate surface area is 108 Å². The summed E-state index contributed by atoms with van der Waals surface area (Å²) in [7, 11) is 0. The highest BCUT2D eigenvalue weighted by Crippen LogP contribution is 2.32. The van der Waals surface area contributed by atoms with Gasteiger partial charge >= 0.3 is 6.36 Å². The summed E-state index contributed by atoms with van der Waals surface area (Å²) in [6.07, 6.45) is -3.04. The molecule has 1 heterocycles. The second-order valence-corrected chi connectivity index (χ2v) is 4.29. The lowest BCUT2D eigenvalue weighted by molar-refractivity contribution is -0.274. The van der Waals surface area contributed by atoms with E-state index in [1.807, 2.05) is 0 Å². The number of ether oxygens (including phenoxy) is 2. The van der Waals surface area contributed by atoms with Crippen LogP contribution in [0, 0.1) is 11.3 Å². The van der Waals surface area contributed by atoms with Crippen molar-refractivity contribution in [3.8, 4) is 11.8 Å². The van der Waals surface area contributed by atoms with Gasteiger partial charge in [0.25, 0.3) is 0 Å². The molecule has 0 saturated carbocycles. The van der Waals surface area contributed by atoms with E-state index < -0.39 is 12.5 Å². The molecule has 0 N–H and O–H groups in total. The lowest BCUT2D eigenvalue weighted by atomic mass is 9.99. The lowest BCUT2D eigenvalue weighted by Crippen LogP contribution is -2.21. The number of hydrogen-bond acceptors (Lipinski definition) is 3. The topological polar surface area (TPSA) is 42.2 Å². The van der Waals surface area contributed by atoms with Crippen LogP contribution in [-0.2, 0) is 4.74 Å². The van der Waals surface area contributed by atoms with Crippen molar-refractivity contribution in [2.45, 2.75) is 37.8 Å². The predicted octanol–water partition coefficient (Wildman–Crippen LogP) is 3.72. The summed E-state index contributed by atoms with van der Waals surface area (Å²) in [5.74, 6) is -0.260. The summed E-state index contributed by atoms with van der Waals surface area (Å²) in [4.78, 5) is 0. The molecule has 0 aromatic heterocycles. The van der Waals surface area contributed by atoms with Gasteiger partial charge in [-0.1, -0.05) is 12.1 Å². The van der Waals surface area contributed by atoms with Crippen LogP contribution < -0.4 is 4.74 Å². The van der Waals surface area contributed by atoms with Crippen molar-refractivity contribution in [2.24, 2.45) is 0 Å². The average molecular weight is 271 g/mol. The van der Waals surface area contributed by atoms with Crippen molar-refractivity contribution in [1.82, 2.24) is 0 Å². The maximum Gasteiger partial charge on any atom is 0.573 e. The molecule has 1 fully saturated rings. The fourth-order valence-corrected chi connectivity index (χ4v) is 2.05. The summed E-state index contributed by atoms with van der Waals surface area (Å²) in [5, 5.41) is 8.81. The summed E-state index contributed by atoms with van der Waals surface area (Å²) in [5.41, 5.74) is 0.759.